The first kappa shape index (κ1) is 27.0. The van der Waals surface area contributed by atoms with Crippen LogP contribution in [0.5, 0.6) is 0 Å². The molecule has 0 aliphatic carbocycles. The molecule has 0 aliphatic rings. The standard InChI is InChI=1S/C14H27NO7S.K/c1-3-6-21-11-13(16)9-15(5-8-23(18,19)20)10-14(17)12-22-7-4-2;/h3-4,13-14,16-17H,1-2,5-12H2,(H,18,19,20);/q;+1/p-1. The monoisotopic (exact) mass is 391 g/mol. The molecule has 2 atom stereocenters. The van der Waals surface area contributed by atoms with E-state index in [1.807, 2.05) is 0 Å². The molecule has 0 bridgehead atoms. The number of aliphatic hydroxyl groups is 2. The number of hydrogen-bond donors (Lipinski definition) is 2. The van der Waals surface area contributed by atoms with E-state index in [4.69, 9.17) is 9.47 Å². The maximum atomic E-state index is 10.8. The molecule has 0 amide bonds. The first-order chi connectivity index (χ1) is 10.8. The SMILES string of the molecule is C=CCOCC(O)CN(CCS(=O)(=O)[O-])CC(O)COCC=C.[K+]. The van der Waals surface area contributed by atoms with Crippen molar-refractivity contribution < 1.29 is 84.0 Å². The fourth-order valence-electron chi connectivity index (χ4n) is 1.77. The average Bonchev–Trinajstić information content (AvgIpc) is 2.44. The van der Waals surface area contributed by atoms with Crippen molar-refractivity contribution in [2.24, 2.45) is 0 Å². The molecule has 0 fully saturated rings. The minimum absolute atomic E-state index is 0. The molecule has 0 heterocycles. The number of nitrogens with zero attached hydrogens (tertiary/aromatic N) is 1. The third-order valence-electron chi connectivity index (χ3n) is 2.69. The van der Waals surface area contributed by atoms with Gasteiger partial charge in [0.25, 0.3) is 0 Å². The van der Waals surface area contributed by atoms with Gasteiger partial charge in [-0.1, -0.05) is 12.2 Å². The van der Waals surface area contributed by atoms with Gasteiger partial charge in [0.2, 0.25) is 0 Å². The minimum Gasteiger partial charge on any atom is -0.748 e. The molecule has 0 aromatic heterocycles. The van der Waals surface area contributed by atoms with Crippen molar-refractivity contribution in [3.8, 4) is 0 Å². The van der Waals surface area contributed by atoms with E-state index in [1.165, 1.54) is 17.1 Å². The Balaban J connectivity index is 0. The molecule has 136 valence electrons. The molecule has 24 heavy (non-hydrogen) atoms. The molecule has 0 aliphatic heterocycles. The minimum atomic E-state index is -4.38. The van der Waals surface area contributed by atoms with Gasteiger partial charge in [-0.25, -0.2) is 8.42 Å². The zero-order valence-corrected chi connectivity index (χ0v) is 18.1. The third-order valence-corrected chi connectivity index (χ3v) is 3.37. The third kappa shape index (κ3) is 17.6. The molecule has 0 saturated carbocycles. The molecule has 2 unspecified atom stereocenters. The van der Waals surface area contributed by atoms with Crippen LogP contribution in [0.2, 0.25) is 0 Å². The van der Waals surface area contributed by atoms with Gasteiger partial charge in [0.1, 0.15) is 0 Å². The van der Waals surface area contributed by atoms with E-state index >= 15 is 0 Å². The van der Waals surface area contributed by atoms with Crippen LogP contribution in [0.4, 0.5) is 0 Å². The van der Waals surface area contributed by atoms with Crippen LogP contribution in [0, 0.1) is 0 Å². The topological polar surface area (TPSA) is 119 Å². The zero-order chi connectivity index (χ0) is 17.7. The van der Waals surface area contributed by atoms with E-state index in [-0.39, 0.29) is 97.4 Å². The molecular formula is C14H26KNO7S. The van der Waals surface area contributed by atoms with Gasteiger partial charge in [-0.15, -0.1) is 13.2 Å². The summed E-state index contributed by atoms with van der Waals surface area (Å²) in [6.45, 7) is 7.62. The predicted octanol–water partition coefficient (Wildman–Crippen LogP) is -4.04. The van der Waals surface area contributed by atoms with Crippen LogP contribution in [-0.2, 0) is 19.6 Å². The van der Waals surface area contributed by atoms with Crippen LogP contribution in [0.25, 0.3) is 0 Å². The van der Waals surface area contributed by atoms with Crippen molar-refractivity contribution in [3.05, 3.63) is 25.3 Å². The van der Waals surface area contributed by atoms with Crippen LogP contribution in [-0.4, -0.2) is 92.1 Å². The summed E-state index contributed by atoms with van der Waals surface area (Å²) in [6, 6.07) is 0. The molecule has 0 rings (SSSR count). The average molecular weight is 392 g/mol. The summed E-state index contributed by atoms with van der Waals surface area (Å²) < 4.78 is 42.5. The van der Waals surface area contributed by atoms with Gasteiger partial charge < -0.3 is 24.2 Å². The first-order valence-corrected chi connectivity index (χ1v) is 8.75. The summed E-state index contributed by atoms with van der Waals surface area (Å²) in [5.41, 5.74) is 0. The summed E-state index contributed by atoms with van der Waals surface area (Å²) in [6.07, 6.45) is 1.31. The Hall–Kier alpha value is 0.826. The van der Waals surface area contributed by atoms with Crippen molar-refractivity contribution in [3.63, 3.8) is 0 Å². The van der Waals surface area contributed by atoms with Gasteiger partial charge in [0, 0.05) is 19.6 Å². The van der Waals surface area contributed by atoms with Gasteiger partial charge in [-0.2, -0.15) is 0 Å². The smallest absolute Gasteiger partial charge is 0.748 e. The molecule has 0 spiro atoms. The van der Waals surface area contributed by atoms with Crippen molar-refractivity contribution in [2.45, 2.75) is 12.2 Å². The van der Waals surface area contributed by atoms with Crippen molar-refractivity contribution in [1.29, 1.82) is 0 Å². The second-order valence-corrected chi connectivity index (χ2v) is 6.50. The number of rotatable bonds is 15. The Morgan fingerprint density at radius 1 is 1.04 bits per heavy atom. The fraction of sp³-hybridized carbons (Fsp3) is 0.714. The Labute approximate surface area is 186 Å². The maximum absolute atomic E-state index is 10.8. The molecule has 2 N–H and O–H groups in total. The summed E-state index contributed by atoms with van der Waals surface area (Å²) in [7, 11) is -4.38. The molecule has 8 nitrogen and oxygen atoms in total. The Morgan fingerprint density at radius 3 is 1.79 bits per heavy atom. The number of aliphatic hydroxyl groups excluding tert-OH is 2. The van der Waals surface area contributed by atoms with Crippen molar-refractivity contribution >= 4 is 10.1 Å². The van der Waals surface area contributed by atoms with E-state index in [0.29, 0.717) is 0 Å². The van der Waals surface area contributed by atoms with Crippen molar-refractivity contribution in [1.82, 2.24) is 4.90 Å². The van der Waals surface area contributed by atoms with Crippen LogP contribution in [0.15, 0.2) is 25.3 Å². The normalized spacial score (nSPS) is 14.0. The molecule has 0 radical (unpaired) electrons. The van der Waals surface area contributed by atoms with E-state index in [9.17, 15) is 23.2 Å². The van der Waals surface area contributed by atoms with E-state index in [1.54, 1.807) is 0 Å². The first-order valence-electron chi connectivity index (χ1n) is 7.17. The fourth-order valence-corrected chi connectivity index (χ4v) is 2.26. The van der Waals surface area contributed by atoms with E-state index in [0.717, 1.165) is 0 Å². The number of ether oxygens (including phenoxy) is 2. The van der Waals surface area contributed by atoms with Crippen LogP contribution in [0.3, 0.4) is 0 Å². The van der Waals surface area contributed by atoms with Crippen molar-refractivity contribution in [2.75, 3.05) is 51.8 Å². The van der Waals surface area contributed by atoms with Gasteiger partial charge in [0.15, 0.2) is 0 Å². The summed E-state index contributed by atoms with van der Waals surface area (Å²) >= 11 is 0. The van der Waals surface area contributed by atoms with E-state index < -0.39 is 28.1 Å². The van der Waals surface area contributed by atoms with Gasteiger partial charge in [0.05, 0.1) is 54.5 Å². The molecule has 0 aromatic rings. The largest absolute Gasteiger partial charge is 1.00 e. The Bertz CT molecular complexity index is 411. The van der Waals surface area contributed by atoms with Gasteiger partial charge in [-0.3, -0.25) is 4.90 Å². The second kappa shape index (κ2) is 16.0. The molecule has 0 aromatic carbocycles. The quantitative estimate of drug-likeness (QED) is 0.125. The molecule has 0 saturated heterocycles. The predicted molar refractivity (Wildman–Crippen MR) is 85.0 cm³/mol. The Kier molecular flexibility index (Phi) is 18.1. The van der Waals surface area contributed by atoms with Crippen LogP contribution >= 0.6 is 0 Å². The van der Waals surface area contributed by atoms with Crippen LogP contribution < -0.4 is 51.4 Å². The van der Waals surface area contributed by atoms with E-state index in [2.05, 4.69) is 13.2 Å². The maximum Gasteiger partial charge on any atom is 1.00 e. The summed E-state index contributed by atoms with van der Waals surface area (Å²) in [5.74, 6) is -0.604. The second-order valence-electron chi connectivity index (χ2n) is 4.98. The number of hydrogen-bond acceptors (Lipinski definition) is 8. The zero-order valence-electron chi connectivity index (χ0n) is 14.2. The molecular weight excluding hydrogens is 365 g/mol. The molecule has 10 heteroatoms. The van der Waals surface area contributed by atoms with Crippen LogP contribution in [0.1, 0.15) is 0 Å². The van der Waals surface area contributed by atoms with Gasteiger partial charge in [-0.05, 0) is 0 Å². The summed E-state index contributed by atoms with van der Waals surface area (Å²) in [5, 5.41) is 19.7. The Morgan fingerprint density at radius 2 is 1.46 bits per heavy atom. The van der Waals surface area contributed by atoms with Gasteiger partial charge >= 0.3 is 51.4 Å². The summed E-state index contributed by atoms with van der Waals surface area (Å²) in [4.78, 5) is 1.49.